The Hall–Kier alpha value is -0.610. The Labute approximate surface area is 65.2 Å². The van der Waals surface area contributed by atoms with E-state index in [2.05, 4.69) is 5.32 Å². The number of aliphatic hydroxyl groups excluding tert-OH is 1. The lowest BCUT2D eigenvalue weighted by Gasteiger charge is -2.29. The molecule has 64 valence electrons. The van der Waals surface area contributed by atoms with Crippen LogP contribution < -0.4 is 5.32 Å². The van der Waals surface area contributed by atoms with Crippen LogP contribution >= 0.6 is 0 Å². The summed E-state index contributed by atoms with van der Waals surface area (Å²) in [6.45, 7) is 2.32. The van der Waals surface area contributed by atoms with E-state index in [0.717, 1.165) is 0 Å². The Morgan fingerprint density at radius 3 is 2.73 bits per heavy atom. The maximum Gasteiger partial charge on any atom is 0.307 e. The first-order valence-corrected chi connectivity index (χ1v) is 3.75. The molecule has 0 spiro atoms. The van der Waals surface area contributed by atoms with Crippen LogP contribution in [0.5, 0.6) is 0 Å². The van der Waals surface area contributed by atoms with E-state index in [1.165, 1.54) is 0 Å². The van der Waals surface area contributed by atoms with Gasteiger partial charge in [-0.05, 0) is 13.3 Å². The van der Waals surface area contributed by atoms with Crippen LogP contribution in [0.3, 0.4) is 0 Å². The third-order valence-corrected chi connectivity index (χ3v) is 2.14. The zero-order valence-corrected chi connectivity index (χ0v) is 6.45. The number of carbonyl (C=O) groups is 1. The molecule has 1 aliphatic rings. The largest absolute Gasteiger partial charge is 0.481 e. The van der Waals surface area contributed by atoms with Crippen molar-refractivity contribution in [1.29, 1.82) is 0 Å². The van der Waals surface area contributed by atoms with Crippen molar-refractivity contribution >= 4 is 5.97 Å². The van der Waals surface area contributed by atoms with Crippen molar-refractivity contribution in [1.82, 2.24) is 5.32 Å². The summed E-state index contributed by atoms with van der Waals surface area (Å²) >= 11 is 0. The normalized spacial score (nSPS) is 38.5. The minimum Gasteiger partial charge on any atom is -0.481 e. The van der Waals surface area contributed by atoms with E-state index in [-0.39, 0.29) is 6.04 Å². The molecule has 0 amide bonds. The highest BCUT2D eigenvalue weighted by Gasteiger charge is 2.29. The average Bonchev–Trinajstić information content (AvgIpc) is 1.94. The van der Waals surface area contributed by atoms with Gasteiger partial charge in [-0.2, -0.15) is 0 Å². The number of rotatable bonds is 1. The second-order valence-electron chi connectivity index (χ2n) is 3.04. The molecule has 3 atom stereocenters. The summed E-state index contributed by atoms with van der Waals surface area (Å²) in [5.41, 5.74) is 0. The van der Waals surface area contributed by atoms with Gasteiger partial charge in [-0.1, -0.05) is 0 Å². The van der Waals surface area contributed by atoms with Crippen LogP contribution in [0.4, 0.5) is 0 Å². The lowest BCUT2D eigenvalue weighted by molar-refractivity contribution is -0.143. The fourth-order valence-corrected chi connectivity index (χ4v) is 1.23. The SMILES string of the molecule is CC1NCC(C(=O)O)CC1O. The molecule has 1 saturated heterocycles. The molecule has 11 heavy (non-hydrogen) atoms. The fraction of sp³-hybridized carbons (Fsp3) is 0.857. The number of aliphatic hydroxyl groups is 1. The Balaban J connectivity index is 2.46. The lowest BCUT2D eigenvalue weighted by Crippen LogP contribution is -2.48. The minimum atomic E-state index is -0.830. The second-order valence-corrected chi connectivity index (χ2v) is 3.04. The second kappa shape index (κ2) is 3.19. The van der Waals surface area contributed by atoms with Gasteiger partial charge in [-0.15, -0.1) is 0 Å². The standard InChI is InChI=1S/C7H13NO3/c1-4-6(9)2-5(3-8-4)7(10)11/h4-6,8-9H,2-3H2,1H3,(H,10,11). The van der Waals surface area contributed by atoms with Gasteiger partial charge in [0, 0.05) is 12.6 Å². The van der Waals surface area contributed by atoms with Crippen molar-refractivity contribution in [2.75, 3.05) is 6.54 Å². The minimum absolute atomic E-state index is 0.0191. The van der Waals surface area contributed by atoms with E-state index in [1.807, 2.05) is 6.92 Å². The van der Waals surface area contributed by atoms with Gasteiger partial charge < -0.3 is 15.5 Å². The Kier molecular flexibility index (Phi) is 2.46. The number of aliphatic carboxylic acids is 1. The van der Waals surface area contributed by atoms with Crippen molar-refractivity contribution in [3.63, 3.8) is 0 Å². The van der Waals surface area contributed by atoms with Gasteiger partial charge in [-0.3, -0.25) is 4.79 Å². The van der Waals surface area contributed by atoms with Crippen molar-refractivity contribution in [3.05, 3.63) is 0 Å². The number of nitrogens with one attached hydrogen (secondary N) is 1. The predicted molar refractivity (Wildman–Crippen MR) is 39.2 cm³/mol. The van der Waals surface area contributed by atoms with Gasteiger partial charge in [0.15, 0.2) is 0 Å². The first kappa shape index (κ1) is 8.49. The van der Waals surface area contributed by atoms with E-state index < -0.39 is 18.0 Å². The van der Waals surface area contributed by atoms with Gasteiger partial charge >= 0.3 is 5.97 Å². The topological polar surface area (TPSA) is 69.6 Å². The molecule has 0 aromatic carbocycles. The van der Waals surface area contributed by atoms with Crippen molar-refractivity contribution in [2.24, 2.45) is 5.92 Å². The van der Waals surface area contributed by atoms with Crippen molar-refractivity contribution < 1.29 is 15.0 Å². The molecule has 0 aromatic heterocycles. The summed E-state index contributed by atoms with van der Waals surface area (Å²) in [6.07, 6.45) is -0.159. The molecule has 0 radical (unpaired) electrons. The van der Waals surface area contributed by atoms with E-state index in [4.69, 9.17) is 5.11 Å². The monoisotopic (exact) mass is 159 g/mol. The Morgan fingerprint density at radius 1 is 1.64 bits per heavy atom. The van der Waals surface area contributed by atoms with Crippen LogP contribution in [-0.4, -0.2) is 34.9 Å². The molecule has 4 nitrogen and oxygen atoms in total. The Morgan fingerprint density at radius 2 is 2.27 bits per heavy atom. The summed E-state index contributed by atoms with van der Waals surface area (Å²) in [4.78, 5) is 10.5. The molecule has 1 rings (SSSR count). The quantitative estimate of drug-likeness (QED) is 0.479. The van der Waals surface area contributed by atoms with Gasteiger partial charge in [0.1, 0.15) is 0 Å². The number of hydrogen-bond acceptors (Lipinski definition) is 3. The number of carboxylic acid groups (broad SMARTS) is 1. The number of piperidine rings is 1. The summed E-state index contributed by atoms with van der Waals surface area (Å²) in [5.74, 6) is -1.26. The number of hydrogen-bond donors (Lipinski definition) is 3. The highest BCUT2D eigenvalue weighted by Crippen LogP contribution is 2.14. The highest BCUT2D eigenvalue weighted by molar-refractivity contribution is 5.70. The molecule has 1 fully saturated rings. The molecule has 0 aromatic rings. The zero-order chi connectivity index (χ0) is 8.43. The summed E-state index contributed by atoms with van der Waals surface area (Å²) in [6, 6.07) is 0.0191. The maximum atomic E-state index is 10.5. The average molecular weight is 159 g/mol. The van der Waals surface area contributed by atoms with Crippen molar-refractivity contribution in [3.8, 4) is 0 Å². The lowest BCUT2D eigenvalue weighted by atomic mass is 9.93. The first-order chi connectivity index (χ1) is 5.11. The molecule has 0 aliphatic carbocycles. The third-order valence-electron chi connectivity index (χ3n) is 2.14. The molecular formula is C7H13NO3. The molecule has 0 bridgehead atoms. The molecule has 1 heterocycles. The van der Waals surface area contributed by atoms with Gasteiger partial charge in [0.25, 0.3) is 0 Å². The van der Waals surface area contributed by atoms with Crippen LogP contribution in [0.25, 0.3) is 0 Å². The van der Waals surface area contributed by atoms with Gasteiger partial charge in [0.2, 0.25) is 0 Å². The van der Waals surface area contributed by atoms with Crippen LogP contribution in [-0.2, 0) is 4.79 Å². The summed E-state index contributed by atoms with van der Waals surface area (Å²) < 4.78 is 0. The predicted octanol–water partition coefficient (Wildman–Crippen LogP) is -0.570. The van der Waals surface area contributed by atoms with Crippen LogP contribution in [0.2, 0.25) is 0 Å². The van der Waals surface area contributed by atoms with Crippen molar-refractivity contribution in [2.45, 2.75) is 25.5 Å². The maximum absolute atomic E-state index is 10.5. The van der Waals surface area contributed by atoms with E-state index in [9.17, 15) is 9.90 Å². The fourth-order valence-electron chi connectivity index (χ4n) is 1.23. The molecule has 3 unspecified atom stereocenters. The smallest absolute Gasteiger partial charge is 0.307 e. The zero-order valence-electron chi connectivity index (χ0n) is 6.45. The van der Waals surface area contributed by atoms with Crippen LogP contribution in [0.1, 0.15) is 13.3 Å². The molecular weight excluding hydrogens is 146 g/mol. The van der Waals surface area contributed by atoms with E-state index >= 15 is 0 Å². The Bertz CT molecular complexity index is 160. The van der Waals surface area contributed by atoms with Gasteiger partial charge in [0.05, 0.1) is 12.0 Å². The van der Waals surface area contributed by atoms with E-state index in [1.54, 1.807) is 0 Å². The van der Waals surface area contributed by atoms with Crippen LogP contribution in [0, 0.1) is 5.92 Å². The highest BCUT2D eigenvalue weighted by atomic mass is 16.4. The summed E-state index contributed by atoms with van der Waals surface area (Å²) in [5, 5.41) is 20.8. The van der Waals surface area contributed by atoms with Gasteiger partial charge in [-0.25, -0.2) is 0 Å². The molecule has 4 heteroatoms. The third kappa shape index (κ3) is 1.91. The van der Waals surface area contributed by atoms with Crippen LogP contribution in [0.15, 0.2) is 0 Å². The molecule has 0 saturated carbocycles. The first-order valence-electron chi connectivity index (χ1n) is 3.75. The molecule has 1 aliphatic heterocycles. The van der Waals surface area contributed by atoms with E-state index in [0.29, 0.717) is 13.0 Å². The summed E-state index contributed by atoms with van der Waals surface area (Å²) in [7, 11) is 0. The molecule has 3 N–H and O–H groups in total. The number of carboxylic acids is 1.